The lowest BCUT2D eigenvalue weighted by Gasteiger charge is -2.38. The first-order chi connectivity index (χ1) is 13.5. The molecule has 3 N–H and O–H groups in total. The highest BCUT2D eigenvalue weighted by atomic mass is 15.5. The number of benzene rings is 2. The van der Waals surface area contributed by atoms with E-state index in [1.165, 1.54) is 29.5 Å². The van der Waals surface area contributed by atoms with Crippen LogP contribution >= 0.6 is 0 Å². The Kier molecular flexibility index (Phi) is 4.94. The third kappa shape index (κ3) is 3.67. The maximum absolute atomic E-state index is 6.12. The minimum atomic E-state index is -0.349. The van der Waals surface area contributed by atoms with Gasteiger partial charge >= 0.3 is 0 Å². The molecular formula is C22H28N6. The minimum Gasteiger partial charge on any atom is -0.368 e. The summed E-state index contributed by atoms with van der Waals surface area (Å²) in [5.74, 6) is 1.18. The van der Waals surface area contributed by atoms with Crippen LogP contribution in [0.3, 0.4) is 0 Å². The normalized spacial score (nSPS) is 19.5. The molecule has 0 aromatic heterocycles. The molecule has 0 spiro atoms. The van der Waals surface area contributed by atoms with Crippen molar-refractivity contribution in [1.29, 1.82) is 0 Å². The molecule has 0 saturated carbocycles. The third-order valence-electron chi connectivity index (χ3n) is 5.43. The van der Waals surface area contributed by atoms with Crippen LogP contribution < -0.4 is 16.0 Å². The molecule has 1 unspecified atom stereocenters. The molecule has 0 radical (unpaired) electrons. The van der Waals surface area contributed by atoms with Gasteiger partial charge in [-0.1, -0.05) is 23.8 Å². The maximum atomic E-state index is 6.12. The predicted octanol–water partition coefficient (Wildman–Crippen LogP) is 3.59. The van der Waals surface area contributed by atoms with Crippen molar-refractivity contribution in [1.82, 2.24) is 4.90 Å². The topological polar surface area (TPSA) is 69.2 Å². The van der Waals surface area contributed by atoms with Gasteiger partial charge in [0, 0.05) is 24.5 Å². The summed E-state index contributed by atoms with van der Waals surface area (Å²) in [6.45, 7) is 8.31. The van der Waals surface area contributed by atoms with Crippen molar-refractivity contribution in [3.05, 3.63) is 59.2 Å². The van der Waals surface area contributed by atoms with Crippen LogP contribution in [0.4, 0.5) is 11.4 Å². The Labute approximate surface area is 166 Å². The number of guanidine groups is 2. The van der Waals surface area contributed by atoms with Crippen LogP contribution in [0.1, 0.15) is 29.5 Å². The summed E-state index contributed by atoms with van der Waals surface area (Å²) >= 11 is 0. The standard InChI is InChI=1S/C22H28N6/c1-15-6-10-19(11-7-15)28-21(24-18-9-8-16(2)17(3)14-18)25-20(23)26-22(28)27-12-4-5-13-27/h6-11,14,21,24H,4-5,12-13H2,1-3H3,(H2,23,25). The highest BCUT2D eigenvalue weighted by molar-refractivity contribution is 6.06. The summed E-state index contributed by atoms with van der Waals surface area (Å²) in [4.78, 5) is 13.7. The lowest BCUT2D eigenvalue weighted by molar-refractivity contribution is 0.497. The average molecular weight is 377 g/mol. The SMILES string of the molecule is Cc1ccc(N2C(N3CCCC3)=NC(N)=NC2Nc2ccc(C)c(C)c2)cc1. The lowest BCUT2D eigenvalue weighted by Crippen LogP contribution is -2.54. The molecule has 0 aliphatic carbocycles. The zero-order chi connectivity index (χ0) is 19.7. The van der Waals surface area contributed by atoms with Crippen molar-refractivity contribution < 1.29 is 0 Å². The number of nitrogens with one attached hydrogen (secondary N) is 1. The van der Waals surface area contributed by atoms with Crippen molar-refractivity contribution in [2.75, 3.05) is 23.3 Å². The molecule has 4 rings (SSSR count). The number of aryl methyl sites for hydroxylation is 3. The highest BCUT2D eigenvalue weighted by Gasteiger charge is 2.32. The van der Waals surface area contributed by atoms with E-state index in [-0.39, 0.29) is 6.29 Å². The van der Waals surface area contributed by atoms with Gasteiger partial charge in [-0.15, -0.1) is 0 Å². The molecule has 0 amide bonds. The van der Waals surface area contributed by atoms with Crippen molar-refractivity contribution >= 4 is 23.3 Å². The van der Waals surface area contributed by atoms with Crippen LogP contribution in [-0.2, 0) is 0 Å². The number of nitrogens with zero attached hydrogens (tertiary/aromatic N) is 4. The highest BCUT2D eigenvalue weighted by Crippen LogP contribution is 2.26. The minimum absolute atomic E-state index is 0.312. The van der Waals surface area contributed by atoms with Crippen molar-refractivity contribution in [2.24, 2.45) is 15.7 Å². The fourth-order valence-corrected chi connectivity index (χ4v) is 3.66. The lowest BCUT2D eigenvalue weighted by atomic mass is 10.1. The molecule has 146 valence electrons. The fraction of sp³-hybridized carbons (Fsp3) is 0.364. The van der Waals surface area contributed by atoms with Gasteiger partial charge in [0.05, 0.1) is 0 Å². The number of rotatable bonds is 3. The van der Waals surface area contributed by atoms with Crippen LogP contribution in [0.2, 0.25) is 0 Å². The zero-order valence-corrected chi connectivity index (χ0v) is 16.8. The number of nitrogens with two attached hydrogens (primary N) is 1. The Morgan fingerprint density at radius 3 is 2.36 bits per heavy atom. The Balaban J connectivity index is 1.72. The second kappa shape index (κ2) is 7.54. The second-order valence-corrected chi connectivity index (χ2v) is 7.62. The number of aliphatic imine (C=N–C) groups is 2. The summed E-state index contributed by atoms with van der Waals surface area (Å²) in [5, 5.41) is 3.55. The first kappa shape index (κ1) is 18.3. The Morgan fingerprint density at radius 2 is 1.68 bits per heavy atom. The molecule has 2 aliphatic rings. The Hall–Kier alpha value is -3.02. The van der Waals surface area contributed by atoms with Gasteiger partial charge in [-0.05, 0) is 69.0 Å². The molecule has 6 nitrogen and oxygen atoms in total. The number of anilines is 2. The molecule has 6 heteroatoms. The van der Waals surface area contributed by atoms with Crippen LogP contribution in [-0.4, -0.2) is 36.2 Å². The van der Waals surface area contributed by atoms with E-state index >= 15 is 0 Å². The summed E-state index contributed by atoms with van der Waals surface area (Å²) in [6, 6.07) is 14.8. The van der Waals surface area contributed by atoms with Gasteiger partial charge in [-0.3, -0.25) is 4.90 Å². The molecular weight excluding hydrogens is 348 g/mol. The van der Waals surface area contributed by atoms with E-state index in [2.05, 4.69) is 88.3 Å². The fourth-order valence-electron chi connectivity index (χ4n) is 3.66. The monoisotopic (exact) mass is 376 g/mol. The number of hydrogen-bond acceptors (Lipinski definition) is 6. The average Bonchev–Trinajstić information content (AvgIpc) is 3.20. The van der Waals surface area contributed by atoms with Crippen molar-refractivity contribution in [3.63, 3.8) is 0 Å². The van der Waals surface area contributed by atoms with Crippen molar-refractivity contribution in [3.8, 4) is 0 Å². The van der Waals surface area contributed by atoms with Gasteiger partial charge in [-0.25, -0.2) is 4.99 Å². The molecule has 1 saturated heterocycles. The molecule has 2 aliphatic heterocycles. The van der Waals surface area contributed by atoms with Gasteiger partial charge in [0.1, 0.15) is 0 Å². The van der Waals surface area contributed by atoms with Crippen molar-refractivity contribution in [2.45, 2.75) is 39.9 Å². The molecule has 0 bridgehead atoms. The Morgan fingerprint density at radius 1 is 0.964 bits per heavy atom. The number of hydrogen-bond donors (Lipinski definition) is 2. The largest absolute Gasteiger partial charge is 0.368 e. The number of likely N-dealkylation sites (tertiary alicyclic amines) is 1. The van der Waals surface area contributed by atoms with E-state index in [0.29, 0.717) is 5.96 Å². The summed E-state index contributed by atoms with van der Waals surface area (Å²) < 4.78 is 0. The summed E-state index contributed by atoms with van der Waals surface area (Å²) in [7, 11) is 0. The van der Waals surface area contributed by atoms with Crippen LogP contribution in [0.25, 0.3) is 0 Å². The van der Waals surface area contributed by atoms with E-state index in [4.69, 9.17) is 5.73 Å². The van der Waals surface area contributed by atoms with E-state index in [1.54, 1.807) is 0 Å². The van der Waals surface area contributed by atoms with Gasteiger partial charge in [0.25, 0.3) is 0 Å². The van der Waals surface area contributed by atoms with E-state index < -0.39 is 0 Å². The first-order valence-electron chi connectivity index (χ1n) is 9.88. The van der Waals surface area contributed by atoms with Crippen LogP contribution in [0.15, 0.2) is 52.4 Å². The smallest absolute Gasteiger partial charge is 0.222 e. The molecule has 1 fully saturated rings. The second-order valence-electron chi connectivity index (χ2n) is 7.62. The van der Waals surface area contributed by atoms with Gasteiger partial charge in [0.2, 0.25) is 18.2 Å². The van der Waals surface area contributed by atoms with Gasteiger partial charge in [-0.2, -0.15) is 4.99 Å². The van der Waals surface area contributed by atoms with E-state index in [9.17, 15) is 0 Å². The molecule has 2 heterocycles. The van der Waals surface area contributed by atoms with E-state index in [0.717, 1.165) is 30.4 Å². The first-order valence-corrected chi connectivity index (χ1v) is 9.88. The zero-order valence-electron chi connectivity index (χ0n) is 16.8. The predicted molar refractivity (Wildman–Crippen MR) is 117 cm³/mol. The summed E-state index contributed by atoms with van der Waals surface area (Å²) in [6.07, 6.45) is 2.00. The quantitative estimate of drug-likeness (QED) is 0.859. The Bertz CT molecular complexity index is 909. The molecule has 28 heavy (non-hydrogen) atoms. The van der Waals surface area contributed by atoms with E-state index in [1.807, 2.05) is 0 Å². The maximum Gasteiger partial charge on any atom is 0.222 e. The molecule has 2 aromatic rings. The summed E-state index contributed by atoms with van der Waals surface area (Å²) in [5.41, 5.74) is 11.9. The van der Waals surface area contributed by atoms with Gasteiger partial charge < -0.3 is 16.0 Å². The molecule has 1 atom stereocenters. The van der Waals surface area contributed by atoms with Crippen LogP contribution in [0.5, 0.6) is 0 Å². The molecule has 2 aromatic carbocycles. The van der Waals surface area contributed by atoms with Gasteiger partial charge in [0.15, 0.2) is 0 Å². The third-order valence-corrected chi connectivity index (χ3v) is 5.43. The van der Waals surface area contributed by atoms with Crippen LogP contribution in [0, 0.1) is 20.8 Å².